The van der Waals surface area contributed by atoms with E-state index in [0.717, 1.165) is 5.01 Å². The molecular formula is C16H12ClN3O4. The van der Waals surface area contributed by atoms with Gasteiger partial charge in [0.2, 0.25) is 18.0 Å². The number of carbonyl (C=O) groups excluding carboxylic acids is 1. The molecule has 7 nitrogen and oxygen atoms in total. The lowest BCUT2D eigenvalue weighted by Crippen LogP contribution is -2.25. The van der Waals surface area contributed by atoms with Crippen molar-refractivity contribution in [3.63, 3.8) is 0 Å². The van der Waals surface area contributed by atoms with Gasteiger partial charge in [-0.25, -0.2) is 0 Å². The van der Waals surface area contributed by atoms with Crippen molar-refractivity contribution >= 4 is 29.1 Å². The fraction of sp³-hybridized carbons (Fsp3) is 0.125. The second-order valence-electron chi connectivity index (χ2n) is 5.07. The third kappa shape index (κ3) is 2.93. The zero-order chi connectivity index (χ0) is 17.3. The van der Waals surface area contributed by atoms with Crippen LogP contribution in [0.2, 0.25) is 5.02 Å². The molecule has 0 N–H and O–H groups in total. The van der Waals surface area contributed by atoms with Crippen molar-refractivity contribution in [3.8, 4) is 0 Å². The number of hydrazone groups is 1. The van der Waals surface area contributed by atoms with Crippen molar-refractivity contribution in [2.75, 3.05) is 0 Å². The van der Waals surface area contributed by atoms with Crippen LogP contribution in [-0.4, -0.2) is 21.7 Å². The molecule has 0 fully saturated rings. The van der Waals surface area contributed by atoms with Gasteiger partial charge in [-0.2, -0.15) is 5.01 Å². The summed E-state index contributed by atoms with van der Waals surface area (Å²) in [5.74, 6) is -0.217. The van der Waals surface area contributed by atoms with E-state index in [9.17, 15) is 14.9 Å². The van der Waals surface area contributed by atoms with E-state index in [1.807, 2.05) is 0 Å². The van der Waals surface area contributed by atoms with E-state index in [0.29, 0.717) is 10.6 Å². The highest BCUT2D eigenvalue weighted by atomic mass is 35.5. The minimum Gasteiger partial charge on any atom is -0.445 e. The van der Waals surface area contributed by atoms with E-state index in [1.165, 1.54) is 19.1 Å². The Morgan fingerprint density at radius 2 is 2.04 bits per heavy atom. The molecule has 24 heavy (non-hydrogen) atoms. The van der Waals surface area contributed by atoms with Crippen LogP contribution in [0.3, 0.4) is 0 Å². The van der Waals surface area contributed by atoms with Gasteiger partial charge in [-0.3, -0.25) is 14.9 Å². The standard InChI is InChI=1S/C16H12ClN3O4/c1-10(21)19-16(13-7-2-3-8-14(13)20(22)23)24-15(18-19)11-5-4-6-12(17)9-11/h2-9,16H,1H3. The molecule has 0 saturated heterocycles. The number of rotatable bonds is 3. The Kier molecular flexibility index (Phi) is 4.18. The highest BCUT2D eigenvalue weighted by Gasteiger charge is 2.37. The van der Waals surface area contributed by atoms with Gasteiger partial charge in [-0.1, -0.05) is 29.8 Å². The van der Waals surface area contributed by atoms with E-state index in [1.54, 1.807) is 36.4 Å². The van der Waals surface area contributed by atoms with Gasteiger partial charge in [0.15, 0.2) is 0 Å². The van der Waals surface area contributed by atoms with Crippen LogP contribution < -0.4 is 0 Å². The normalized spacial score (nSPS) is 16.5. The van der Waals surface area contributed by atoms with Crippen LogP contribution in [0, 0.1) is 10.1 Å². The summed E-state index contributed by atoms with van der Waals surface area (Å²) in [6.07, 6.45) is -1.00. The van der Waals surface area contributed by atoms with Gasteiger partial charge in [0, 0.05) is 23.6 Å². The molecule has 2 aromatic carbocycles. The number of nitro groups is 1. The van der Waals surface area contributed by atoms with Gasteiger partial charge < -0.3 is 4.74 Å². The first kappa shape index (κ1) is 15.9. The summed E-state index contributed by atoms with van der Waals surface area (Å²) in [5, 5.41) is 17.0. The predicted octanol–water partition coefficient (Wildman–Crippen LogP) is 3.49. The fourth-order valence-corrected chi connectivity index (χ4v) is 2.56. The number of hydrogen-bond acceptors (Lipinski definition) is 5. The molecular weight excluding hydrogens is 334 g/mol. The second kappa shape index (κ2) is 6.29. The Morgan fingerprint density at radius 3 is 2.71 bits per heavy atom. The Hall–Kier alpha value is -2.93. The smallest absolute Gasteiger partial charge is 0.278 e. The highest BCUT2D eigenvalue weighted by Crippen LogP contribution is 2.35. The lowest BCUT2D eigenvalue weighted by Gasteiger charge is -2.19. The summed E-state index contributed by atoms with van der Waals surface area (Å²) in [7, 11) is 0. The molecule has 8 heteroatoms. The van der Waals surface area contributed by atoms with Gasteiger partial charge in [-0.05, 0) is 24.3 Å². The van der Waals surface area contributed by atoms with Gasteiger partial charge in [0.1, 0.15) is 0 Å². The Labute approximate surface area is 142 Å². The molecule has 1 amide bonds. The van der Waals surface area contributed by atoms with Crippen LogP contribution in [0.5, 0.6) is 0 Å². The van der Waals surface area contributed by atoms with Crippen LogP contribution in [0.4, 0.5) is 5.69 Å². The molecule has 1 unspecified atom stereocenters. The maximum absolute atomic E-state index is 11.9. The third-order valence-corrected chi connectivity index (χ3v) is 3.67. The minimum atomic E-state index is -1.00. The molecule has 1 atom stereocenters. The summed E-state index contributed by atoms with van der Waals surface area (Å²) in [5.41, 5.74) is 0.685. The van der Waals surface area contributed by atoms with E-state index in [-0.39, 0.29) is 17.1 Å². The summed E-state index contributed by atoms with van der Waals surface area (Å²) in [6, 6.07) is 12.9. The second-order valence-corrected chi connectivity index (χ2v) is 5.50. The molecule has 0 spiro atoms. The molecule has 3 rings (SSSR count). The number of nitrogens with zero attached hydrogens (tertiary/aromatic N) is 3. The summed E-state index contributed by atoms with van der Waals surface area (Å²) >= 11 is 5.96. The van der Waals surface area contributed by atoms with Crippen molar-refractivity contribution in [1.82, 2.24) is 5.01 Å². The van der Waals surface area contributed by atoms with E-state index < -0.39 is 17.1 Å². The SMILES string of the molecule is CC(=O)N1N=C(c2cccc(Cl)c2)OC1c1ccccc1[N+](=O)[O-]. The molecule has 122 valence electrons. The molecule has 0 radical (unpaired) electrons. The zero-order valence-corrected chi connectivity index (χ0v) is 13.3. The van der Waals surface area contributed by atoms with Crippen LogP contribution in [0.25, 0.3) is 0 Å². The van der Waals surface area contributed by atoms with Gasteiger partial charge >= 0.3 is 0 Å². The summed E-state index contributed by atoms with van der Waals surface area (Å²) in [6.45, 7) is 1.32. The number of amides is 1. The first-order valence-electron chi connectivity index (χ1n) is 7.01. The van der Waals surface area contributed by atoms with Crippen molar-refractivity contribution in [1.29, 1.82) is 0 Å². The van der Waals surface area contributed by atoms with Crippen LogP contribution in [-0.2, 0) is 9.53 Å². The number of ether oxygens (including phenoxy) is 1. The maximum Gasteiger partial charge on any atom is 0.278 e. The maximum atomic E-state index is 11.9. The monoisotopic (exact) mass is 345 g/mol. The minimum absolute atomic E-state index is 0.142. The summed E-state index contributed by atoms with van der Waals surface area (Å²) in [4.78, 5) is 22.6. The van der Waals surface area contributed by atoms with Gasteiger partial charge in [0.25, 0.3) is 5.69 Å². The summed E-state index contributed by atoms with van der Waals surface area (Å²) < 4.78 is 5.75. The van der Waals surface area contributed by atoms with Crippen LogP contribution in [0.1, 0.15) is 24.3 Å². The molecule has 2 aromatic rings. The number of carbonyl (C=O) groups is 1. The lowest BCUT2D eigenvalue weighted by molar-refractivity contribution is -0.386. The quantitative estimate of drug-likeness (QED) is 0.629. The average molecular weight is 346 g/mol. The van der Waals surface area contributed by atoms with Gasteiger partial charge in [0.05, 0.1) is 10.5 Å². The topological polar surface area (TPSA) is 85.0 Å². The molecule has 0 aromatic heterocycles. The molecule has 1 aliphatic heterocycles. The zero-order valence-electron chi connectivity index (χ0n) is 12.5. The molecule has 1 heterocycles. The molecule has 1 aliphatic rings. The van der Waals surface area contributed by atoms with Crippen molar-refractivity contribution < 1.29 is 14.5 Å². The number of nitro benzene ring substituents is 1. The molecule has 0 aliphatic carbocycles. The third-order valence-electron chi connectivity index (χ3n) is 3.44. The first-order valence-corrected chi connectivity index (χ1v) is 7.39. The Bertz CT molecular complexity index is 853. The Morgan fingerprint density at radius 1 is 1.29 bits per heavy atom. The number of para-hydroxylation sites is 1. The van der Waals surface area contributed by atoms with E-state index in [2.05, 4.69) is 5.10 Å². The predicted molar refractivity (Wildman–Crippen MR) is 87.4 cm³/mol. The highest BCUT2D eigenvalue weighted by molar-refractivity contribution is 6.31. The lowest BCUT2D eigenvalue weighted by atomic mass is 10.1. The van der Waals surface area contributed by atoms with Crippen molar-refractivity contribution in [3.05, 3.63) is 74.8 Å². The number of hydrogen-bond donors (Lipinski definition) is 0. The van der Waals surface area contributed by atoms with Crippen molar-refractivity contribution in [2.24, 2.45) is 5.10 Å². The molecule has 0 saturated carbocycles. The van der Waals surface area contributed by atoms with E-state index >= 15 is 0 Å². The number of benzene rings is 2. The largest absolute Gasteiger partial charge is 0.445 e. The first-order chi connectivity index (χ1) is 11.5. The van der Waals surface area contributed by atoms with Crippen LogP contribution >= 0.6 is 11.6 Å². The van der Waals surface area contributed by atoms with Crippen LogP contribution in [0.15, 0.2) is 53.6 Å². The molecule has 0 bridgehead atoms. The van der Waals surface area contributed by atoms with Crippen molar-refractivity contribution in [2.45, 2.75) is 13.2 Å². The number of halogens is 1. The Balaban J connectivity index is 2.02. The average Bonchev–Trinajstić information content (AvgIpc) is 3.00. The van der Waals surface area contributed by atoms with E-state index in [4.69, 9.17) is 16.3 Å². The fourth-order valence-electron chi connectivity index (χ4n) is 2.37. The van der Waals surface area contributed by atoms with Gasteiger partial charge in [-0.15, -0.1) is 5.10 Å².